The van der Waals surface area contributed by atoms with E-state index < -0.39 is 40.7 Å². The van der Waals surface area contributed by atoms with Gasteiger partial charge in [-0.15, -0.1) is 0 Å². The summed E-state index contributed by atoms with van der Waals surface area (Å²) < 4.78 is 41.4. The number of hydrogen-bond acceptors (Lipinski definition) is 4. The topological polar surface area (TPSA) is 93.1 Å². The van der Waals surface area contributed by atoms with Crippen molar-refractivity contribution >= 4 is 12.0 Å². The molecule has 2 aliphatic rings. The first-order chi connectivity index (χ1) is 15.2. The number of carboxylic acid groups (broad SMARTS) is 1. The second kappa shape index (κ2) is 9.13. The van der Waals surface area contributed by atoms with Gasteiger partial charge < -0.3 is 20.4 Å². The SMILES string of the molecule is CC(=O)N1C[C@@H]2CCN([C@@](O)(CC(Cc3cc(F)c(F)cc3F)NC(=O)O)C(C)(C)C)[C@@H]2C1. The summed E-state index contributed by atoms with van der Waals surface area (Å²) in [6.45, 7) is 8.62. The van der Waals surface area contributed by atoms with Gasteiger partial charge in [-0.2, -0.15) is 0 Å². The Labute approximate surface area is 191 Å². The maximum Gasteiger partial charge on any atom is 0.404 e. The van der Waals surface area contributed by atoms with Crippen molar-refractivity contribution < 1.29 is 33.0 Å². The van der Waals surface area contributed by atoms with E-state index in [1.807, 2.05) is 25.7 Å². The van der Waals surface area contributed by atoms with Crippen LogP contribution in [-0.2, 0) is 11.2 Å². The van der Waals surface area contributed by atoms with Gasteiger partial charge in [0.1, 0.15) is 11.5 Å². The van der Waals surface area contributed by atoms with Crippen LogP contribution in [0.15, 0.2) is 12.1 Å². The average molecular weight is 472 g/mol. The zero-order valence-corrected chi connectivity index (χ0v) is 19.4. The first-order valence-corrected chi connectivity index (χ1v) is 11.1. The van der Waals surface area contributed by atoms with Crippen LogP contribution in [-0.4, -0.2) is 69.5 Å². The highest BCUT2D eigenvalue weighted by Crippen LogP contribution is 2.45. The minimum absolute atomic E-state index is 0.0390. The summed E-state index contributed by atoms with van der Waals surface area (Å²) in [4.78, 5) is 27.1. The van der Waals surface area contributed by atoms with E-state index in [1.54, 1.807) is 4.90 Å². The fraction of sp³-hybridized carbons (Fsp3) is 0.652. The standard InChI is InChI=1S/C23H32F3N3O4/c1-13(30)28-11-14-5-6-29(20(14)12-28)23(33,22(2,3)4)10-16(27-21(31)32)7-15-8-18(25)19(26)9-17(15)24/h8-9,14,16,20,27,33H,5-7,10-12H2,1-4H3,(H,31,32)/t14-,16?,20+,23+/m0/s1. The van der Waals surface area contributed by atoms with Crippen LogP contribution in [0, 0.1) is 28.8 Å². The van der Waals surface area contributed by atoms with E-state index in [1.165, 1.54) is 6.92 Å². The summed E-state index contributed by atoms with van der Waals surface area (Å²) in [5, 5.41) is 23.7. The fourth-order valence-corrected chi connectivity index (χ4v) is 5.21. The minimum Gasteiger partial charge on any atom is -0.465 e. The molecule has 1 aromatic rings. The Morgan fingerprint density at radius 3 is 2.36 bits per heavy atom. The van der Waals surface area contributed by atoms with Crippen LogP contribution in [0.1, 0.15) is 46.1 Å². The first-order valence-electron chi connectivity index (χ1n) is 11.1. The van der Waals surface area contributed by atoms with Gasteiger partial charge in [0.25, 0.3) is 0 Å². The lowest BCUT2D eigenvalue weighted by Gasteiger charge is -2.50. The maximum absolute atomic E-state index is 14.3. The molecule has 2 saturated heterocycles. The lowest BCUT2D eigenvalue weighted by Crippen LogP contribution is -2.62. The highest BCUT2D eigenvalue weighted by molar-refractivity contribution is 5.73. The van der Waals surface area contributed by atoms with Crippen molar-refractivity contribution in [3.05, 3.63) is 35.1 Å². The molecule has 2 heterocycles. The van der Waals surface area contributed by atoms with Gasteiger partial charge >= 0.3 is 6.09 Å². The van der Waals surface area contributed by atoms with E-state index in [0.717, 1.165) is 6.42 Å². The summed E-state index contributed by atoms with van der Waals surface area (Å²) >= 11 is 0. The monoisotopic (exact) mass is 471 g/mol. The Bertz CT molecular complexity index is 923. The number of hydrogen-bond donors (Lipinski definition) is 3. The summed E-state index contributed by atoms with van der Waals surface area (Å²) in [5.41, 5.74) is -2.44. The molecule has 2 amide bonds. The van der Waals surface area contributed by atoms with Crippen molar-refractivity contribution in [2.75, 3.05) is 19.6 Å². The van der Waals surface area contributed by atoms with Gasteiger partial charge in [-0.05, 0) is 30.4 Å². The summed E-state index contributed by atoms with van der Waals surface area (Å²) in [7, 11) is 0. The Morgan fingerprint density at radius 1 is 1.15 bits per heavy atom. The second-order valence-electron chi connectivity index (χ2n) is 10.2. The van der Waals surface area contributed by atoms with Gasteiger partial charge in [0.2, 0.25) is 5.91 Å². The van der Waals surface area contributed by atoms with Gasteiger partial charge in [0, 0.05) is 56.5 Å². The predicted octanol–water partition coefficient (Wildman–Crippen LogP) is 2.96. The van der Waals surface area contributed by atoms with Crippen molar-refractivity contribution in [3.63, 3.8) is 0 Å². The zero-order valence-electron chi connectivity index (χ0n) is 19.4. The zero-order chi connectivity index (χ0) is 24.7. The van der Waals surface area contributed by atoms with E-state index in [0.29, 0.717) is 31.8 Å². The van der Waals surface area contributed by atoms with Crippen LogP contribution in [0.2, 0.25) is 0 Å². The minimum atomic E-state index is -1.51. The van der Waals surface area contributed by atoms with Gasteiger partial charge in [-0.1, -0.05) is 20.8 Å². The average Bonchev–Trinajstić information content (AvgIpc) is 3.25. The summed E-state index contributed by atoms with van der Waals surface area (Å²) in [6.07, 6.45) is -0.969. The Kier molecular flexibility index (Phi) is 7.00. The second-order valence-corrected chi connectivity index (χ2v) is 10.2. The molecule has 33 heavy (non-hydrogen) atoms. The number of nitrogens with one attached hydrogen (secondary N) is 1. The number of aliphatic hydroxyl groups is 1. The van der Waals surface area contributed by atoms with E-state index >= 15 is 0 Å². The molecule has 1 aromatic carbocycles. The quantitative estimate of drug-likeness (QED) is 0.555. The number of fused-ring (bicyclic) bond motifs is 1. The lowest BCUT2D eigenvalue weighted by molar-refractivity contribution is -0.193. The van der Waals surface area contributed by atoms with E-state index in [9.17, 15) is 33.0 Å². The van der Waals surface area contributed by atoms with Gasteiger partial charge in [0.15, 0.2) is 11.6 Å². The molecular weight excluding hydrogens is 439 g/mol. The normalized spacial score (nSPS) is 23.8. The van der Waals surface area contributed by atoms with Crippen LogP contribution >= 0.6 is 0 Å². The molecule has 1 unspecified atom stereocenters. The number of likely N-dealkylation sites (tertiary alicyclic amines) is 2. The molecule has 3 rings (SSSR count). The van der Waals surface area contributed by atoms with Crippen molar-refractivity contribution in [1.82, 2.24) is 15.1 Å². The number of carbonyl (C=O) groups excluding carboxylic acids is 1. The number of nitrogens with zero attached hydrogens (tertiary/aromatic N) is 2. The van der Waals surface area contributed by atoms with Crippen LogP contribution in [0.3, 0.4) is 0 Å². The molecule has 0 aliphatic carbocycles. The molecule has 2 aliphatic heterocycles. The molecule has 0 bridgehead atoms. The van der Waals surface area contributed by atoms with E-state index in [2.05, 4.69) is 5.32 Å². The van der Waals surface area contributed by atoms with Crippen LogP contribution < -0.4 is 5.32 Å². The number of benzene rings is 1. The van der Waals surface area contributed by atoms with Crippen molar-refractivity contribution in [2.24, 2.45) is 11.3 Å². The third-order valence-corrected chi connectivity index (χ3v) is 7.08. The molecule has 7 nitrogen and oxygen atoms in total. The Morgan fingerprint density at radius 2 is 1.79 bits per heavy atom. The molecule has 0 radical (unpaired) electrons. The molecule has 0 spiro atoms. The number of rotatable bonds is 6. The molecular formula is C23H32F3N3O4. The lowest BCUT2D eigenvalue weighted by atomic mass is 9.76. The molecule has 3 N–H and O–H groups in total. The Balaban J connectivity index is 1.91. The smallest absolute Gasteiger partial charge is 0.404 e. The maximum atomic E-state index is 14.3. The largest absolute Gasteiger partial charge is 0.465 e. The van der Waals surface area contributed by atoms with Crippen LogP contribution in [0.25, 0.3) is 0 Å². The van der Waals surface area contributed by atoms with Gasteiger partial charge in [-0.25, -0.2) is 18.0 Å². The van der Waals surface area contributed by atoms with Gasteiger partial charge in [0.05, 0.1) is 0 Å². The number of halogens is 3. The van der Waals surface area contributed by atoms with Crippen LogP contribution in [0.4, 0.5) is 18.0 Å². The Hall–Kier alpha value is -2.33. The fourth-order valence-electron chi connectivity index (χ4n) is 5.21. The molecule has 2 fully saturated rings. The third kappa shape index (κ3) is 5.11. The predicted molar refractivity (Wildman–Crippen MR) is 115 cm³/mol. The molecule has 0 aromatic heterocycles. The first kappa shape index (κ1) is 25.3. The number of carbonyl (C=O) groups is 2. The summed E-state index contributed by atoms with van der Waals surface area (Å²) in [5.74, 6) is -3.39. The highest BCUT2D eigenvalue weighted by Gasteiger charge is 2.54. The molecule has 184 valence electrons. The third-order valence-electron chi connectivity index (χ3n) is 7.08. The van der Waals surface area contributed by atoms with Crippen LogP contribution in [0.5, 0.6) is 0 Å². The van der Waals surface area contributed by atoms with Crippen molar-refractivity contribution in [1.29, 1.82) is 0 Å². The van der Waals surface area contributed by atoms with E-state index in [4.69, 9.17) is 0 Å². The summed E-state index contributed by atoms with van der Waals surface area (Å²) in [6, 6.07) is 0.0719. The van der Waals surface area contributed by atoms with Crippen molar-refractivity contribution in [2.45, 2.75) is 64.8 Å². The highest BCUT2D eigenvalue weighted by atomic mass is 19.2. The van der Waals surface area contributed by atoms with E-state index in [-0.39, 0.29) is 36.3 Å². The molecule has 4 atom stereocenters. The molecule has 0 saturated carbocycles. The van der Waals surface area contributed by atoms with Crippen molar-refractivity contribution in [3.8, 4) is 0 Å². The number of amides is 2. The molecule has 10 heteroatoms. The van der Waals surface area contributed by atoms with Gasteiger partial charge in [-0.3, -0.25) is 9.69 Å².